The summed E-state index contributed by atoms with van der Waals surface area (Å²) in [6.45, 7) is 1.96. The Morgan fingerprint density at radius 1 is 1.69 bits per heavy atom. The first-order valence-electron chi connectivity index (χ1n) is 4.71. The summed E-state index contributed by atoms with van der Waals surface area (Å²) >= 11 is 4.69. The summed E-state index contributed by atoms with van der Waals surface area (Å²) in [5.41, 5.74) is 5.82. The predicted octanol–water partition coefficient (Wildman–Crippen LogP) is 0.0627. The highest BCUT2D eigenvalue weighted by Crippen LogP contribution is 2.10. The van der Waals surface area contributed by atoms with Crippen LogP contribution in [0.4, 0.5) is 0 Å². The highest BCUT2D eigenvalue weighted by Gasteiger charge is 2.17. The maximum Gasteiger partial charge on any atom is 0.243 e. The molecule has 0 atom stereocenters. The molecule has 0 aliphatic heterocycles. The minimum Gasteiger partial charge on any atom is -0.393 e. The Balaban J connectivity index is 2.54. The number of nitrogens with zero attached hydrogens (tertiary/aromatic N) is 1. The highest BCUT2D eigenvalue weighted by molar-refractivity contribution is 7.89. The molecule has 0 fully saturated rings. The second-order valence-corrected chi connectivity index (χ2v) is 5.59. The van der Waals surface area contributed by atoms with Crippen molar-refractivity contribution in [1.29, 1.82) is 0 Å². The van der Waals surface area contributed by atoms with Crippen LogP contribution >= 0.6 is 12.2 Å². The largest absolute Gasteiger partial charge is 0.393 e. The Kier molecular flexibility index (Phi) is 4.39. The first kappa shape index (κ1) is 13.1. The van der Waals surface area contributed by atoms with Crippen LogP contribution in [0.1, 0.15) is 18.5 Å². The third kappa shape index (κ3) is 3.54. The van der Waals surface area contributed by atoms with E-state index < -0.39 is 10.0 Å². The Morgan fingerprint density at radius 2 is 2.38 bits per heavy atom. The van der Waals surface area contributed by atoms with Crippen LogP contribution in [0.3, 0.4) is 0 Å². The third-order valence-corrected chi connectivity index (χ3v) is 3.74. The second-order valence-electron chi connectivity index (χ2n) is 3.33. The van der Waals surface area contributed by atoms with E-state index in [0.29, 0.717) is 30.1 Å². The van der Waals surface area contributed by atoms with Gasteiger partial charge in [-0.25, -0.2) is 13.1 Å². The standard InChI is InChI=1S/C8H14N4O2S2/c1-6-7(5-10-12-6)16(13,14)11-4-2-3-8(9)15/h5,11H,2-4H2,1H3,(H2,9,15)(H,10,12). The lowest BCUT2D eigenvalue weighted by atomic mass is 10.3. The zero-order chi connectivity index (χ0) is 12.2. The van der Waals surface area contributed by atoms with Crippen LogP contribution in [0.2, 0.25) is 0 Å². The molecular formula is C8H14N4O2S2. The number of H-pyrrole nitrogens is 1. The van der Waals surface area contributed by atoms with Crippen molar-refractivity contribution in [3.63, 3.8) is 0 Å². The van der Waals surface area contributed by atoms with Gasteiger partial charge in [-0.15, -0.1) is 0 Å². The van der Waals surface area contributed by atoms with Crippen LogP contribution in [-0.2, 0) is 10.0 Å². The van der Waals surface area contributed by atoms with Gasteiger partial charge in [0.15, 0.2) is 0 Å². The zero-order valence-corrected chi connectivity index (χ0v) is 10.5. The number of sulfonamides is 1. The van der Waals surface area contributed by atoms with Crippen LogP contribution in [0.15, 0.2) is 11.1 Å². The number of rotatable bonds is 6. The van der Waals surface area contributed by atoms with Gasteiger partial charge in [0.25, 0.3) is 0 Å². The number of aryl methyl sites for hydroxylation is 1. The number of aromatic nitrogens is 2. The molecule has 0 saturated heterocycles. The van der Waals surface area contributed by atoms with Crippen molar-refractivity contribution in [3.05, 3.63) is 11.9 Å². The quantitative estimate of drug-likeness (QED) is 0.497. The predicted molar refractivity (Wildman–Crippen MR) is 64.5 cm³/mol. The molecule has 1 aromatic rings. The summed E-state index contributed by atoms with van der Waals surface area (Å²) in [6.07, 6.45) is 2.40. The van der Waals surface area contributed by atoms with Gasteiger partial charge in [-0.1, -0.05) is 12.2 Å². The Hall–Kier alpha value is -0.990. The van der Waals surface area contributed by atoms with Crippen molar-refractivity contribution in [1.82, 2.24) is 14.9 Å². The van der Waals surface area contributed by atoms with E-state index in [9.17, 15) is 8.42 Å². The van der Waals surface area contributed by atoms with E-state index in [1.165, 1.54) is 6.20 Å². The van der Waals surface area contributed by atoms with Gasteiger partial charge < -0.3 is 5.73 Å². The third-order valence-electron chi connectivity index (χ3n) is 1.97. The van der Waals surface area contributed by atoms with Crippen LogP contribution in [0.5, 0.6) is 0 Å². The topological polar surface area (TPSA) is 101 Å². The molecule has 0 radical (unpaired) electrons. The number of hydrogen-bond donors (Lipinski definition) is 3. The average Bonchev–Trinajstić information content (AvgIpc) is 2.59. The molecule has 0 aliphatic carbocycles. The first-order valence-corrected chi connectivity index (χ1v) is 6.60. The molecule has 1 heterocycles. The Bertz CT molecular complexity index is 466. The van der Waals surface area contributed by atoms with Crippen LogP contribution in [0, 0.1) is 6.92 Å². The molecule has 4 N–H and O–H groups in total. The lowest BCUT2D eigenvalue weighted by molar-refractivity contribution is 0.579. The number of hydrogen-bond acceptors (Lipinski definition) is 4. The molecule has 90 valence electrons. The molecule has 0 unspecified atom stereocenters. The number of nitrogens with one attached hydrogen (secondary N) is 2. The fourth-order valence-electron chi connectivity index (χ4n) is 1.16. The maximum atomic E-state index is 11.7. The van der Waals surface area contributed by atoms with Gasteiger partial charge in [-0.3, -0.25) is 5.10 Å². The number of thiocarbonyl (C=S) groups is 1. The van der Waals surface area contributed by atoms with E-state index >= 15 is 0 Å². The van der Waals surface area contributed by atoms with E-state index in [-0.39, 0.29) is 4.90 Å². The maximum absolute atomic E-state index is 11.7. The minimum absolute atomic E-state index is 0.169. The van der Waals surface area contributed by atoms with Crippen molar-refractivity contribution in [2.45, 2.75) is 24.7 Å². The molecule has 8 heteroatoms. The fourth-order valence-corrected chi connectivity index (χ4v) is 2.51. The summed E-state index contributed by atoms with van der Waals surface area (Å²) in [5, 5.41) is 6.23. The summed E-state index contributed by atoms with van der Waals surface area (Å²) in [6, 6.07) is 0. The van der Waals surface area contributed by atoms with E-state index in [0.717, 1.165) is 0 Å². The second kappa shape index (κ2) is 5.37. The summed E-state index contributed by atoms with van der Waals surface area (Å²) in [5.74, 6) is 0. The van der Waals surface area contributed by atoms with Crippen LogP contribution in [-0.4, -0.2) is 30.1 Å². The molecule has 0 bridgehead atoms. The van der Waals surface area contributed by atoms with Crippen LogP contribution < -0.4 is 10.5 Å². The molecule has 0 spiro atoms. The summed E-state index contributed by atoms with van der Waals surface area (Å²) in [7, 11) is -3.47. The smallest absolute Gasteiger partial charge is 0.243 e. The molecule has 1 rings (SSSR count). The monoisotopic (exact) mass is 262 g/mol. The van der Waals surface area contributed by atoms with Gasteiger partial charge in [-0.2, -0.15) is 5.10 Å². The van der Waals surface area contributed by atoms with E-state index in [4.69, 9.17) is 5.73 Å². The molecule has 6 nitrogen and oxygen atoms in total. The normalized spacial score (nSPS) is 11.6. The molecule has 0 aliphatic rings. The van der Waals surface area contributed by atoms with E-state index in [1.807, 2.05) is 0 Å². The van der Waals surface area contributed by atoms with E-state index in [1.54, 1.807) is 6.92 Å². The van der Waals surface area contributed by atoms with Crippen LogP contribution in [0.25, 0.3) is 0 Å². The average molecular weight is 262 g/mol. The highest BCUT2D eigenvalue weighted by atomic mass is 32.2. The Morgan fingerprint density at radius 3 is 2.88 bits per heavy atom. The van der Waals surface area contributed by atoms with Gasteiger partial charge in [0, 0.05) is 6.54 Å². The van der Waals surface area contributed by atoms with Crippen molar-refractivity contribution in [2.75, 3.05) is 6.54 Å². The van der Waals surface area contributed by atoms with Crippen molar-refractivity contribution in [3.8, 4) is 0 Å². The zero-order valence-electron chi connectivity index (χ0n) is 8.86. The molecule has 1 aromatic heterocycles. The minimum atomic E-state index is -3.47. The molecule has 0 aromatic carbocycles. The number of nitrogens with two attached hydrogens (primary N) is 1. The number of aromatic amines is 1. The molecule has 16 heavy (non-hydrogen) atoms. The molecule has 0 saturated carbocycles. The lowest BCUT2D eigenvalue weighted by Crippen LogP contribution is -2.25. The first-order chi connectivity index (χ1) is 7.43. The SMILES string of the molecule is Cc1[nH]ncc1S(=O)(=O)NCCCC(N)=S. The fraction of sp³-hybridized carbons (Fsp3) is 0.500. The van der Waals surface area contributed by atoms with Gasteiger partial charge in [-0.05, 0) is 19.8 Å². The van der Waals surface area contributed by atoms with Gasteiger partial charge in [0.1, 0.15) is 4.90 Å². The van der Waals surface area contributed by atoms with Gasteiger partial charge >= 0.3 is 0 Å². The summed E-state index contributed by atoms with van der Waals surface area (Å²) < 4.78 is 25.9. The molecular weight excluding hydrogens is 248 g/mol. The van der Waals surface area contributed by atoms with Crippen molar-refractivity contribution >= 4 is 27.2 Å². The lowest BCUT2D eigenvalue weighted by Gasteiger charge is -2.04. The summed E-state index contributed by atoms with van der Waals surface area (Å²) in [4.78, 5) is 0.557. The van der Waals surface area contributed by atoms with Gasteiger partial charge in [0.05, 0.1) is 16.9 Å². The van der Waals surface area contributed by atoms with Crippen molar-refractivity contribution in [2.24, 2.45) is 5.73 Å². The Labute approximate surface area is 99.7 Å². The molecule has 0 amide bonds. The van der Waals surface area contributed by atoms with E-state index in [2.05, 4.69) is 27.1 Å². The van der Waals surface area contributed by atoms with Gasteiger partial charge in [0.2, 0.25) is 10.0 Å². The van der Waals surface area contributed by atoms with Crippen molar-refractivity contribution < 1.29 is 8.42 Å².